The van der Waals surface area contributed by atoms with E-state index in [1.165, 1.54) is 64.2 Å². The Morgan fingerprint density at radius 3 is 1.48 bits per heavy atom. The molecule has 10 unspecified atom stereocenters. The Kier molecular flexibility index (Phi) is 20.7. The van der Waals surface area contributed by atoms with E-state index in [0.29, 0.717) is 6.42 Å². The van der Waals surface area contributed by atoms with Gasteiger partial charge in [-0.25, -0.2) is 0 Å². The predicted molar refractivity (Wildman–Crippen MR) is 171 cm³/mol. The van der Waals surface area contributed by atoms with Gasteiger partial charge >= 0.3 is 17.9 Å². The van der Waals surface area contributed by atoms with Crippen LogP contribution in [0.5, 0.6) is 0 Å². The lowest BCUT2D eigenvalue weighted by atomic mass is 9.97. The molecule has 2 heterocycles. The van der Waals surface area contributed by atoms with Crippen LogP contribution in [0.25, 0.3) is 0 Å². The van der Waals surface area contributed by atoms with Gasteiger partial charge in [0.05, 0.1) is 6.61 Å². The topological polar surface area (TPSA) is 208 Å². The second-order valence-corrected chi connectivity index (χ2v) is 12.9. The summed E-state index contributed by atoms with van der Waals surface area (Å²) in [5.41, 5.74) is 0. The highest BCUT2D eigenvalue weighted by molar-refractivity contribution is 5.69. The van der Waals surface area contributed by atoms with Crippen LogP contribution in [0.1, 0.15) is 124 Å². The van der Waals surface area contributed by atoms with Gasteiger partial charge in [0.2, 0.25) is 12.6 Å². The summed E-state index contributed by atoms with van der Waals surface area (Å²) in [5.74, 6) is -2.20. The number of ether oxygens (including phenoxy) is 6. The van der Waals surface area contributed by atoms with Crippen molar-refractivity contribution in [3.05, 3.63) is 0 Å². The van der Waals surface area contributed by atoms with Gasteiger partial charge < -0.3 is 54.0 Å². The molecular formula is C34H60O14. The third-order valence-corrected chi connectivity index (χ3v) is 8.74. The molecule has 0 aromatic carbocycles. The molecule has 0 aromatic heterocycles. The Labute approximate surface area is 284 Å². The van der Waals surface area contributed by atoms with Gasteiger partial charge in [0.25, 0.3) is 0 Å². The zero-order chi connectivity index (χ0) is 35.5. The summed E-state index contributed by atoms with van der Waals surface area (Å²) in [6.07, 6.45) is 1.62. The first-order valence-electron chi connectivity index (χ1n) is 17.8. The minimum Gasteiger partial charge on any atom is -0.463 e. The fraction of sp³-hybridized carbons (Fsp3) is 0.912. The third kappa shape index (κ3) is 14.9. The van der Waals surface area contributed by atoms with Gasteiger partial charge in [0, 0.05) is 20.3 Å². The monoisotopic (exact) mass is 692 g/mol. The van der Waals surface area contributed by atoms with Gasteiger partial charge in [-0.15, -0.1) is 0 Å². The maximum Gasteiger partial charge on any atom is 0.306 e. The molecule has 0 amide bonds. The maximum atomic E-state index is 12.8. The molecule has 14 heteroatoms. The number of rotatable bonds is 23. The number of aliphatic hydroxyl groups excluding tert-OH is 5. The van der Waals surface area contributed by atoms with Gasteiger partial charge in [-0.05, 0) is 6.42 Å². The molecule has 10 atom stereocenters. The van der Waals surface area contributed by atoms with Crippen LogP contribution in [0.4, 0.5) is 0 Å². The Morgan fingerprint density at radius 1 is 0.583 bits per heavy atom. The van der Waals surface area contributed by atoms with E-state index in [1.54, 1.807) is 0 Å². The summed E-state index contributed by atoms with van der Waals surface area (Å²) in [7, 11) is 0. The van der Waals surface area contributed by atoms with Crippen LogP contribution < -0.4 is 0 Å². The number of carbonyl (C=O) groups is 3. The first-order chi connectivity index (χ1) is 23.0. The van der Waals surface area contributed by atoms with E-state index in [-0.39, 0.29) is 6.42 Å². The molecule has 5 N–H and O–H groups in total. The summed E-state index contributed by atoms with van der Waals surface area (Å²) < 4.78 is 32.6. The number of carbonyl (C=O) groups excluding carboxylic acids is 3. The van der Waals surface area contributed by atoms with Crippen molar-refractivity contribution in [1.29, 1.82) is 0 Å². The van der Waals surface area contributed by atoms with Crippen molar-refractivity contribution in [3.63, 3.8) is 0 Å². The number of hydrogen-bond acceptors (Lipinski definition) is 14. The van der Waals surface area contributed by atoms with E-state index in [0.717, 1.165) is 39.5 Å². The van der Waals surface area contributed by atoms with Crippen LogP contribution >= 0.6 is 0 Å². The van der Waals surface area contributed by atoms with Crippen molar-refractivity contribution in [2.75, 3.05) is 13.2 Å². The molecule has 0 bridgehead atoms. The van der Waals surface area contributed by atoms with E-state index >= 15 is 0 Å². The van der Waals surface area contributed by atoms with Crippen LogP contribution in [-0.2, 0) is 42.8 Å². The Balaban J connectivity index is 1.88. The first kappa shape index (κ1) is 42.3. The zero-order valence-corrected chi connectivity index (χ0v) is 28.9. The van der Waals surface area contributed by atoms with E-state index in [1.807, 2.05) is 0 Å². The predicted octanol–water partition coefficient (Wildman–Crippen LogP) is 2.56. The highest BCUT2D eigenvalue weighted by Crippen LogP contribution is 2.31. The fourth-order valence-electron chi connectivity index (χ4n) is 5.94. The normalized spacial score (nSPS) is 30.5. The lowest BCUT2D eigenvalue weighted by Gasteiger charge is -2.46. The SMILES string of the molecule is CCCCCCCCCCCCCCCCCC(=O)OC1C(OC2OC(CO)C(O)C(O)C2OC(C)=O)OC(COC(C)=O)C(O)C1O. The molecule has 0 aliphatic carbocycles. The second-order valence-electron chi connectivity index (χ2n) is 12.9. The van der Waals surface area contributed by atoms with Gasteiger partial charge in [0.15, 0.2) is 12.2 Å². The molecule has 0 spiro atoms. The first-order valence-corrected chi connectivity index (χ1v) is 17.8. The summed E-state index contributed by atoms with van der Waals surface area (Å²) in [5, 5.41) is 52.1. The summed E-state index contributed by atoms with van der Waals surface area (Å²) >= 11 is 0. The molecule has 14 nitrogen and oxygen atoms in total. The molecule has 2 rings (SSSR count). The number of esters is 3. The van der Waals surface area contributed by atoms with Crippen LogP contribution in [0.3, 0.4) is 0 Å². The van der Waals surface area contributed by atoms with E-state index < -0.39 is 92.5 Å². The van der Waals surface area contributed by atoms with Gasteiger partial charge in [0.1, 0.15) is 43.2 Å². The van der Waals surface area contributed by atoms with Crippen LogP contribution in [0.2, 0.25) is 0 Å². The molecule has 280 valence electrons. The molecule has 2 aliphatic heterocycles. The molecular weight excluding hydrogens is 632 g/mol. The Hall–Kier alpha value is -1.91. The number of hydrogen-bond donors (Lipinski definition) is 5. The van der Waals surface area contributed by atoms with E-state index in [4.69, 9.17) is 28.4 Å². The molecule has 2 fully saturated rings. The minimum atomic E-state index is -1.76. The third-order valence-electron chi connectivity index (χ3n) is 8.74. The second kappa shape index (κ2) is 23.5. The summed E-state index contributed by atoms with van der Waals surface area (Å²) in [4.78, 5) is 36.0. The van der Waals surface area contributed by atoms with E-state index in [9.17, 15) is 39.9 Å². The van der Waals surface area contributed by atoms with Gasteiger partial charge in [-0.1, -0.05) is 96.8 Å². The molecule has 2 aliphatic rings. The van der Waals surface area contributed by atoms with Crippen molar-refractivity contribution in [3.8, 4) is 0 Å². The molecule has 2 saturated heterocycles. The maximum absolute atomic E-state index is 12.8. The van der Waals surface area contributed by atoms with Crippen LogP contribution in [0, 0.1) is 0 Å². The van der Waals surface area contributed by atoms with Crippen LogP contribution in [0.15, 0.2) is 0 Å². The van der Waals surface area contributed by atoms with Crippen molar-refractivity contribution in [2.24, 2.45) is 0 Å². The highest BCUT2D eigenvalue weighted by atomic mass is 16.8. The quantitative estimate of drug-likeness (QED) is 0.0593. The lowest BCUT2D eigenvalue weighted by molar-refractivity contribution is -0.377. The van der Waals surface area contributed by atoms with Gasteiger partial charge in [-0.3, -0.25) is 14.4 Å². The fourth-order valence-corrected chi connectivity index (χ4v) is 5.94. The largest absolute Gasteiger partial charge is 0.463 e. The molecule has 0 aromatic rings. The average molecular weight is 693 g/mol. The summed E-state index contributed by atoms with van der Waals surface area (Å²) in [6, 6.07) is 0. The van der Waals surface area contributed by atoms with Crippen molar-refractivity contribution in [2.45, 2.75) is 185 Å². The summed E-state index contributed by atoms with van der Waals surface area (Å²) in [6.45, 7) is 3.22. The van der Waals surface area contributed by atoms with Crippen molar-refractivity contribution in [1.82, 2.24) is 0 Å². The number of aliphatic hydroxyl groups is 5. The molecule has 0 saturated carbocycles. The molecule has 0 radical (unpaired) electrons. The lowest BCUT2D eigenvalue weighted by Crippen LogP contribution is -2.65. The smallest absolute Gasteiger partial charge is 0.306 e. The zero-order valence-electron chi connectivity index (χ0n) is 28.9. The Bertz CT molecular complexity index is 918. The standard InChI is InChI=1S/C34H60O14/c1-4-5-6-7-8-9-10-11-12-13-14-15-16-17-18-19-26(38)47-32-30(42)28(40)25(21-43-22(2)36)46-34(32)48-33-31(44-23(3)37)29(41)27(39)24(20-35)45-33/h24-25,27-35,39-42H,4-21H2,1-3H3. The molecule has 48 heavy (non-hydrogen) atoms. The Morgan fingerprint density at radius 2 is 1.02 bits per heavy atom. The minimum absolute atomic E-state index is 0.0364. The van der Waals surface area contributed by atoms with Crippen molar-refractivity contribution < 1.29 is 68.3 Å². The highest BCUT2D eigenvalue weighted by Gasteiger charge is 2.53. The van der Waals surface area contributed by atoms with Crippen molar-refractivity contribution >= 4 is 17.9 Å². The number of unbranched alkanes of at least 4 members (excludes halogenated alkanes) is 14. The average Bonchev–Trinajstić information content (AvgIpc) is 3.04. The van der Waals surface area contributed by atoms with Crippen LogP contribution in [-0.4, -0.2) is 118 Å². The van der Waals surface area contributed by atoms with E-state index in [2.05, 4.69) is 6.92 Å². The van der Waals surface area contributed by atoms with Gasteiger partial charge in [-0.2, -0.15) is 0 Å².